The second-order valence-electron chi connectivity index (χ2n) is 5.01. The molecule has 0 aliphatic carbocycles. The fourth-order valence-electron chi connectivity index (χ4n) is 2.16. The van der Waals surface area contributed by atoms with Gasteiger partial charge in [0, 0.05) is 31.7 Å². The van der Waals surface area contributed by atoms with Gasteiger partial charge in [-0.1, -0.05) is 12.1 Å². The zero-order chi connectivity index (χ0) is 15.1. The van der Waals surface area contributed by atoms with E-state index in [1.54, 1.807) is 17.0 Å². The third-order valence-corrected chi connectivity index (χ3v) is 3.37. The molecular weight excluding hydrogens is 306 g/mol. The highest BCUT2D eigenvalue weighted by Crippen LogP contribution is 2.06. The van der Waals surface area contributed by atoms with E-state index in [0.29, 0.717) is 51.4 Å². The van der Waals surface area contributed by atoms with Gasteiger partial charge in [-0.25, -0.2) is 0 Å². The summed E-state index contributed by atoms with van der Waals surface area (Å²) in [7, 11) is 0. The summed E-state index contributed by atoms with van der Waals surface area (Å²) < 4.78 is 5.19. The lowest BCUT2D eigenvalue weighted by atomic mass is 10.1. The predicted octanol–water partition coefficient (Wildman–Crippen LogP) is 0.598. The topological polar surface area (TPSA) is 84.7 Å². The number of nitrogen functional groups attached to an aromatic ring is 1. The average molecular weight is 328 g/mol. The summed E-state index contributed by atoms with van der Waals surface area (Å²) >= 11 is 0. The Kier molecular flexibility index (Phi) is 7.70. The molecule has 0 unspecified atom stereocenters. The lowest BCUT2D eigenvalue weighted by Crippen LogP contribution is -2.42. The molecule has 0 bridgehead atoms. The van der Waals surface area contributed by atoms with Gasteiger partial charge in [0.2, 0.25) is 11.8 Å². The van der Waals surface area contributed by atoms with Gasteiger partial charge in [-0.05, 0) is 17.7 Å². The summed E-state index contributed by atoms with van der Waals surface area (Å²) in [5.41, 5.74) is 7.17. The number of hydrogen-bond donors (Lipinski definition) is 2. The van der Waals surface area contributed by atoms with E-state index in [0.717, 1.165) is 5.56 Å². The van der Waals surface area contributed by atoms with Gasteiger partial charge in [0.1, 0.15) is 0 Å². The zero-order valence-corrected chi connectivity index (χ0v) is 13.2. The summed E-state index contributed by atoms with van der Waals surface area (Å²) in [4.78, 5) is 25.4. The van der Waals surface area contributed by atoms with Crippen LogP contribution in [0, 0.1) is 0 Å². The molecule has 0 radical (unpaired) electrons. The first kappa shape index (κ1) is 18.3. The van der Waals surface area contributed by atoms with Gasteiger partial charge in [0.25, 0.3) is 0 Å². The van der Waals surface area contributed by atoms with E-state index in [9.17, 15) is 9.59 Å². The number of carbonyl (C=O) groups is 2. The number of rotatable bonds is 5. The first-order valence-electron chi connectivity index (χ1n) is 7.12. The van der Waals surface area contributed by atoms with Crippen molar-refractivity contribution in [2.45, 2.75) is 12.8 Å². The van der Waals surface area contributed by atoms with Crippen LogP contribution in [0.25, 0.3) is 0 Å². The molecule has 0 saturated carbocycles. The molecule has 122 valence electrons. The van der Waals surface area contributed by atoms with Crippen LogP contribution in [-0.4, -0.2) is 49.6 Å². The predicted molar refractivity (Wildman–Crippen MR) is 86.8 cm³/mol. The summed E-state index contributed by atoms with van der Waals surface area (Å²) in [5, 5.41) is 2.77. The standard InChI is InChI=1S/C15H21N3O3.ClH/c16-13-3-1-12(2-4-13)11-14(19)17-6-5-15(20)18-7-9-21-10-8-18;/h1-4H,5-11,16H2,(H,17,19);1H. The van der Waals surface area contributed by atoms with Gasteiger partial charge in [-0.2, -0.15) is 0 Å². The van der Waals surface area contributed by atoms with E-state index < -0.39 is 0 Å². The van der Waals surface area contributed by atoms with E-state index in [1.807, 2.05) is 12.1 Å². The molecule has 0 atom stereocenters. The van der Waals surface area contributed by atoms with Crippen molar-refractivity contribution in [3.8, 4) is 0 Å². The van der Waals surface area contributed by atoms with Crippen LogP contribution in [0.1, 0.15) is 12.0 Å². The molecule has 2 rings (SSSR count). The molecule has 1 aliphatic heterocycles. The summed E-state index contributed by atoms with van der Waals surface area (Å²) in [6.07, 6.45) is 0.625. The number of carbonyl (C=O) groups excluding carboxylic acids is 2. The van der Waals surface area contributed by atoms with Crippen molar-refractivity contribution in [2.75, 3.05) is 38.6 Å². The maximum Gasteiger partial charge on any atom is 0.224 e. The van der Waals surface area contributed by atoms with Crippen molar-refractivity contribution >= 4 is 29.9 Å². The van der Waals surface area contributed by atoms with Gasteiger partial charge in [-0.3, -0.25) is 9.59 Å². The number of amides is 2. The second-order valence-corrected chi connectivity index (χ2v) is 5.01. The Labute approximate surface area is 136 Å². The Morgan fingerprint density at radius 3 is 2.45 bits per heavy atom. The van der Waals surface area contributed by atoms with Crippen molar-refractivity contribution in [2.24, 2.45) is 0 Å². The van der Waals surface area contributed by atoms with E-state index in [4.69, 9.17) is 10.5 Å². The number of hydrogen-bond acceptors (Lipinski definition) is 4. The first-order valence-corrected chi connectivity index (χ1v) is 7.12. The fraction of sp³-hybridized carbons (Fsp3) is 0.467. The van der Waals surface area contributed by atoms with Gasteiger partial charge >= 0.3 is 0 Å². The summed E-state index contributed by atoms with van der Waals surface area (Å²) in [6.45, 7) is 2.82. The smallest absolute Gasteiger partial charge is 0.224 e. The highest BCUT2D eigenvalue weighted by Gasteiger charge is 2.16. The minimum absolute atomic E-state index is 0. The van der Waals surface area contributed by atoms with Crippen molar-refractivity contribution in [1.29, 1.82) is 0 Å². The Morgan fingerprint density at radius 2 is 1.82 bits per heavy atom. The highest BCUT2D eigenvalue weighted by atomic mass is 35.5. The van der Waals surface area contributed by atoms with E-state index in [-0.39, 0.29) is 24.2 Å². The Balaban J connectivity index is 0.00000242. The molecule has 0 spiro atoms. The number of nitrogens with zero attached hydrogens (tertiary/aromatic N) is 1. The minimum atomic E-state index is -0.0884. The highest BCUT2D eigenvalue weighted by molar-refractivity contribution is 5.85. The molecule has 1 fully saturated rings. The molecule has 1 aromatic carbocycles. The minimum Gasteiger partial charge on any atom is -0.399 e. The zero-order valence-electron chi connectivity index (χ0n) is 12.4. The molecule has 0 aromatic heterocycles. The molecule has 7 heteroatoms. The fourth-order valence-corrected chi connectivity index (χ4v) is 2.16. The van der Waals surface area contributed by atoms with Gasteiger partial charge in [0.05, 0.1) is 19.6 Å². The second kappa shape index (κ2) is 9.27. The quantitative estimate of drug-likeness (QED) is 0.776. The van der Waals surface area contributed by atoms with Crippen LogP contribution in [-0.2, 0) is 20.7 Å². The van der Waals surface area contributed by atoms with E-state index in [1.165, 1.54) is 0 Å². The van der Waals surface area contributed by atoms with Crippen molar-refractivity contribution in [3.05, 3.63) is 29.8 Å². The number of nitrogens with one attached hydrogen (secondary N) is 1. The molecule has 2 amide bonds. The number of anilines is 1. The number of ether oxygens (including phenoxy) is 1. The number of benzene rings is 1. The van der Waals surface area contributed by atoms with Gasteiger partial charge < -0.3 is 20.7 Å². The van der Waals surface area contributed by atoms with E-state index >= 15 is 0 Å². The van der Waals surface area contributed by atoms with Crippen LogP contribution in [0.5, 0.6) is 0 Å². The number of morpholine rings is 1. The molecule has 22 heavy (non-hydrogen) atoms. The van der Waals surface area contributed by atoms with Crippen molar-refractivity contribution < 1.29 is 14.3 Å². The van der Waals surface area contributed by atoms with Crippen LogP contribution in [0.2, 0.25) is 0 Å². The maximum absolute atomic E-state index is 11.9. The molecule has 6 nitrogen and oxygen atoms in total. The van der Waals surface area contributed by atoms with Gasteiger partial charge in [0.15, 0.2) is 0 Å². The van der Waals surface area contributed by atoms with Crippen LogP contribution >= 0.6 is 12.4 Å². The largest absolute Gasteiger partial charge is 0.399 e. The molecule has 1 saturated heterocycles. The van der Waals surface area contributed by atoms with Crippen LogP contribution in [0.15, 0.2) is 24.3 Å². The van der Waals surface area contributed by atoms with Gasteiger partial charge in [-0.15, -0.1) is 12.4 Å². The lowest BCUT2D eigenvalue weighted by molar-refractivity contribution is -0.135. The van der Waals surface area contributed by atoms with Crippen LogP contribution in [0.4, 0.5) is 5.69 Å². The van der Waals surface area contributed by atoms with Crippen molar-refractivity contribution in [1.82, 2.24) is 10.2 Å². The molecular formula is C15H22ClN3O3. The Bertz CT molecular complexity index is 487. The average Bonchev–Trinajstić information content (AvgIpc) is 2.50. The third-order valence-electron chi connectivity index (χ3n) is 3.37. The van der Waals surface area contributed by atoms with E-state index in [2.05, 4.69) is 5.32 Å². The molecule has 3 N–H and O–H groups in total. The van der Waals surface area contributed by atoms with Crippen LogP contribution in [0.3, 0.4) is 0 Å². The Hall–Kier alpha value is -1.79. The Morgan fingerprint density at radius 1 is 1.18 bits per heavy atom. The summed E-state index contributed by atoms with van der Waals surface area (Å²) in [6, 6.07) is 7.19. The number of nitrogens with two attached hydrogens (primary N) is 1. The lowest BCUT2D eigenvalue weighted by Gasteiger charge is -2.26. The monoisotopic (exact) mass is 327 g/mol. The van der Waals surface area contributed by atoms with Crippen molar-refractivity contribution in [3.63, 3.8) is 0 Å². The third kappa shape index (κ3) is 5.91. The number of halogens is 1. The SMILES string of the molecule is Cl.Nc1ccc(CC(=O)NCCC(=O)N2CCOCC2)cc1. The molecule has 1 aliphatic rings. The first-order chi connectivity index (χ1) is 10.1. The summed E-state index contributed by atoms with van der Waals surface area (Å²) in [5.74, 6) is -0.0272. The van der Waals surface area contributed by atoms with Crippen LogP contribution < -0.4 is 11.1 Å². The maximum atomic E-state index is 11.9. The normalized spacial score (nSPS) is 14.1. The molecule has 1 heterocycles. The molecule has 1 aromatic rings.